The average molecular weight is 345 g/mol. The third-order valence-corrected chi connectivity index (χ3v) is 4.01. The number of rotatable bonds is 5. The van der Waals surface area contributed by atoms with Gasteiger partial charge >= 0.3 is 0 Å². The van der Waals surface area contributed by atoms with E-state index >= 15 is 0 Å². The van der Waals surface area contributed by atoms with Gasteiger partial charge in [0.25, 0.3) is 5.91 Å². The zero-order chi connectivity index (χ0) is 17.7. The number of likely N-dealkylation sites (N-methyl/N-ethyl adjacent to an activating group) is 1. The minimum absolute atomic E-state index is 0.000860. The van der Waals surface area contributed by atoms with E-state index in [1.807, 2.05) is 6.07 Å². The van der Waals surface area contributed by atoms with Crippen molar-refractivity contribution in [1.82, 2.24) is 5.32 Å². The molecule has 0 aliphatic carbocycles. The van der Waals surface area contributed by atoms with Crippen LogP contribution in [0.3, 0.4) is 0 Å². The normalized spacial score (nSPS) is 11.8. The van der Waals surface area contributed by atoms with Crippen LogP contribution in [0.4, 0.5) is 0 Å². The fraction of sp³-hybridized carbons (Fsp3) is 0.125. The van der Waals surface area contributed by atoms with Crippen LogP contribution in [-0.2, 0) is 14.8 Å². The van der Waals surface area contributed by atoms with Crippen LogP contribution in [0.15, 0.2) is 51.3 Å². The zero-order valence-electron chi connectivity index (χ0n) is 12.8. The van der Waals surface area contributed by atoms with Crippen molar-refractivity contribution in [3.8, 4) is 17.4 Å². The Morgan fingerprint density at radius 1 is 1.29 bits per heavy atom. The Balaban J connectivity index is 2.28. The van der Waals surface area contributed by atoms with Crippen LogP contribution >= 0.6 is 0 Å². The van der Waals surface area contributed by atoms with E-state index in [1.54, 1.807) is 31.2 Å². The molecule has 0 saturated carbocycles. The third kappa shape index (κ3) is 4.10. The summed E-state index contributed by atoms with van der Waals surface area (Å²) in [5.74, 6) is 0.328. The van der Waals surface area contributed by atoms with Crippen LogP contribution in [0, 0.1) is 11.3 Å². The highest BCUT2D eigenvalue weighted by atomic mass is 32.2. The van der Waals surface area contributed by atoms with Gasteiger partial charge < -0.3 is 9.73 Å². The SMILES string of the molecule is CCNC(=O)/C(C#N)=C\c1ccc(-c2ccc(S(N)(=O)=O)cc2)o1. The lowest BCUT2D eigenvalue weighted by atomic mass is 10.2. The molecule has 0 atom stereocenters. The van der Waals surface area contributed by atoms with E-state index in [2.05, 4.69) is 5.32 Å². The monoisotopic (exact) mass is 345 g/mol. The maximum atomic E-state index is 11.7. The maximum absolute atomic E-state index is 11.7. The van der Waals surface area contributed by atoms with Crippen molar-refractivity contribution < 1.29 is 17.6 Å². The summed E-state index contributed by atoms with van der Waals surface area (Å²) in [5.41, 5.74) is 0.570. The first-order valence-electron chi connectivity index (χ1n) is 6.98. The molecule has 3 N–H and O–H groups in total. The van der Waals surface area contributed by atoms with Gasteiger partial charge in [-0.05, 0) is 43.3 Å². The Hall–Kier alpha value is -2.89. The van der Waals surface area contributed by atoms with E-state index in [-0.39, 0.29) is 10.5 Å². The van der Waals surface area contributed by atoms with Crippen LogP contribution < -0.4 is 10.5 Å². The molecule has 0 saturated heterocycles. The van der Waals surface area contributed by atoms with Crippen LogP contribution in [-0.4, -0.2) is 20.9 Å². The number of primary sulfonamides is 1. The molecule has 2 aromatic rings. The zero-order valence-corrected chi connectivity index (χ0v) is 13.6. The Bertz CT molecular complexity index is 919. The van der Waals surface area contributed by atoms with Crippen molar-refractivity contribution in [2.24, 2.45) is 5.14 Å². The lowest BCUT2D eigenvalue weighted by Gasteiger charge is -2.00. The molecule has 1 aromatic carbocycles. The van der Waals surface area contributed by atoms with Crippen LogP contribution in [0.5, 0.6) is 0 Å². The molecule has 0 unspecified atom stereocenters. The number of hydrogen-bond donors (Lipinski definition) is 2. The standard InChI is InChI=1S/C16H15N3O4S/c1-2-19-16(20)12(10-17)9-13-5-8-15(23-13)11-3-6-14(7-4-11)24(18,21)22/h3-9H,2H2,1H3,(H,19,20)(H2,18,21,22)/b12-9-. The molecule has 0 bridgehead atoms. The molecule has 1 aromatic heterocycles. The number of carbonyl (C=O) groups is 1. The molecule has 8 heteroatoms. The van der Waals surface area contributed by atoms with Crippen molar-refractivity contribution in [3.63, 3.8) is 0 Å². The summed E-state index contributed by atoms with van der Waals surface area (Å²) in [7, 11) is -3.75. The molecular weight excluding hydrogens is 330 g/mol. The van der Waals surface area contributed by atoms with Crippen molar-refractivity contribution in [1.29, 1.82) is 5.26 Å². The Morgan fingerprint density at radius 2 is 1.96 bits per heavy atom. The lowest BCUT2D eigenvalue weighted by Crippen LogP contribution is -2.23. The number of furan rings is 1. The number of benzene rings is 1. The number of nitrogens with zero attached hydrogens (tertiary/aromatic N) is 1. The predicted octanol–water partition coefficient (Wildman–Crippen LogP) is 1.64. The fourth-order valence-electron chi connectivity index (χ4n) is 1.94. The van der Waals surface area contributed by atoms with E-state index < -0.39 is 15.9 Å². The molecule has 2 rings (SSSR count). The minimum Gasteiger partial charge on any atom is -0.457 e. The van der Waals surface area contributed by atoms with Crippen LogP contribution in [0.25, 0.3) is 17.4 Å². The van der Waals surface area contributed by atoms with Gasteiger partial charge in [0.05, 0.1) is 4.90 Å². The Kier molecular flexibility index (Phi) is 5.18. The molecular formula is C16H15N3O4S. The maximum Gasteiger partial charge on any atom is 0.262 e. The van der Waals surface area contributed by atoms with Crippen molar-refractivity contribution in [2.75, 3.05) is 6.54 Å². The number of hydrogen-bond acceptors (Lipinski definition) is 5. The van der Waals surface area contributed by atoms with E-state index in [4.69, 9.17) is 14.8 Å². The van der Waals surface area contributed by atoms with Gasteiger partial charge in [0.2, 0.25) is 10.0 Å². The summed E-state index contributed by atoms with van der Waals surface area (Å²) in [4.78, 5) is 11.7. The van der Waals surface area contributed by atoms with Crippen molar-refractivity contribution >= 4 is 22.0 Å². The number of nitriles is 1. The molecule has 7 nitrogen and oxygen atoms in total. The van der Waals surface area contributed by atoms with Crippen molar-refractivity contribution in [3.05, 3.63) is 47.7 Å². The van der Waals surface area contributed by atoms with Gasteiger partial charge in [0, 0.05) is 18.2 Å². The topological polar surface area (TPSA) is 126 Å². The first-order chi connectivity index (χ1) is 11.3. The van der Waals surface area contributed by atoms with Crippen molar-refractivity contribution in [2.45, 2.75) is 11.8 Å². The largest absolute Gasteiger partial charge is 0.457 e. The molecule has 0 spiro atoms. The van der Waals surface area contributed by atoms with Gasteiger partial charge in [-0.1, -0.05) is 0 Å². The summed E-state index contributed by atoms with van der Waals surface area (Å²) in [6, 6.07) is 10.9. The van der Waals surface area contributed by atoms with Gasteiger partial charge in [-0.3, -0.25) is 4.79 Å². The second kappa shape index (κ2) is 7.12. The molecule has 24 heavy (non-hydrogen) atoms. The summed E-state index contributed by atoms with van der Waals surface area (Å²) < 4.78 is 28.0. The second-order valence-electron chi connectivity index (χ2n) is 4.80. The van der Waals surface area contributed by atoms with Gasteiger partial charge in [-0.15, -0.1) is 0 Å². The molecule has 1 heterocycles. The number of amides is 1. The number of nitrogens with one attached hydrogen (secondary N) is 1. The van der Waals surface area contributed by atoms with Gasteiger partial charge in [0.1, 0.15) is 23.2 Å². The molecule has 0 aliphatic heterocycles. The summed E-state index contributed by atoms with van der Waals surface area (Å²) in [6.07, 6.45) is 1.34. The predicted molar refractivity (Wildman–Crippen MR) is 87.8 cm³/mol. The molecule has 0 aliphatic rings. The summed E-state index contributed by atoms with van der Waals surface area (Å²) >= 11 is 0. The highest BCUT2D eigenvalue weighted by Crippen LogP contribution is 2.24. The number of sulfonamides is 1. The van der Waals surface area contributed by atoms with Gasteiger partial charge in [0.15, 0.2) is 0 Å². The highest BCUT2D eigenvalue weighted by Gasteiger charge is 2.11. The molecule has 1 amide bonds. The molecule has 0 fully saturated rings. The van der Waals surface area contributed by atoms with E-state index in [0.717, 1.165) is 0 Å². The van der Waals surface area contributed by atoms with E-state index in [1.165, 1.54) is 18.2 Å². The smallest absolute Gasteiger partial charge is 0.262 e. The summed E-state index contributed by atoms with van der Waals surface area (Å²) in [5, 5.41) is 16.6. The number of carbonyl (C=O) groups excluding carboxylic acids is 1. The van der Waals surface area contributed by atoms with Gasteiger partial charge in [-0.2, -0.15) is 5.26 Å². The van der Waals surface area contributed by atoms with Crippen LogP contribution in [0.2, 0.25) is 0 Å². The van der Waals surface area contributed by atoms with Gasteiger partial charge in [-0.25, -0.2) is 13.6 Å². The summed E-state index contributed by atoms with van der Waals surface area (Å²) in [6.45, 7) is 2.17. The lowest BCUT2D eigenvalue weighted by molar-refractivity contribution is -0.116. The Labute approximate surface area is 139 Å². The molecule has 0 radical (unpaired) electrons. The fourth-order valence-corrected chi connectivity index (χ4v) is 2.46. The highest BCUT2D eigenvalue weighted by molar-refractivity contribution is 7.89. The van der Waals surface area contributed by atoms with Crippen LogP contribution in [0.1, 0.15) is 12.7 Å². The third-order valence-electron chi connectivity index (χ3n) is 3.08. The minimum atomic E-state index is -3.75. The first kappa shape index (κ1) is 17.5. The molecule has 124 valence electrons. The first-order valence-corrected chi connectivity index (χ1v) is 8.53. The number of nitrogens with two attached hydrogens (primary N) is 1. The van der Waals surface area contributed by atoms with E-state index in [0.29, 0.717) is 23.6 Å². The Morgan fingerprint density at radius 3 is 2.50 bits per heavy atom. The average Bonchev–Trinajstić information content (AvgIpc) is 3.00. The van der Waals surface area contributed by atoms with E-state index in [9.17, 15) is 13.2 Å². The quantitative estimate of drug-likeness (QED) is 0.629. The second-order valence-corrected chi connectivity index (χ2v) is 6.36.